The highest BCUT2D eigenvalue weighted by molar-refractivity contribution is 5.91. The maximum absolute atomic E-state index is 11.0. The van der Waals surface area contributed by atoms with Crippen molar-refractivity contribution < 1.29 is 9.90 Å². The van der Waals surface area contributed by atoms with Crippen LogP contribution < -0.4 is 0 Å². The topological polar surface area (TPSA) is 37.3 Å². The second kappa shape index (κ2) is 8.50. The molecular weight excluding hydrogens is 380 g/mol. The second-order valence-corrected chi connectivity index (χ2v) is 8.51. The third-order valence-corrected chi connectivity index (χ3v) is 5.38. The summed E-state index contributed by atoms with van der Waals surface area (Å²) < 4.78 is 0. The van der Waals surface area contributed by atoms with E-state index < -0.39 is 5.97 Å². The van der Waals surface area contributed by atoms with E-state index in [4.69, 9.17) is 5.11 Å². The van der Waals surface area contributed by atoms with Crippen LogP contribution in [0.25, 0.3) is 22.9 Å². The summed E-state index contributed by atoms with van der Waals surface area (Å²) in [4.78, 5) is 11.0. The zero-order valence-electron chi connectivity index (χ0n) is 17.7. The first-order valence-corrected chi connectivity index (χ1v) is 10.3. The Morgan fingerprint density at radius 1 is 0.968 bits per heavy atom. The normalized spacial score (nSPS) is 14.8. The number of carboxylic acid groups (broad SMARTS) is 1. The standard InChI is InChI=1S/C29H24O2/c1-29(2)18-4-5-23(20-29)13-15-25-7-3-6-24-14-12-22(19-27(24)25)9-8-21-10-16-26(17-11-21)28(30)31/h3-12,14,16-19H,20H2,1-2H3,(H,30,31)/b9-8+. The smallest absolute Gasteiger partial charge is 0.335 e. The first-order valence-electron chi connectivity index (χ1n) is 10.3. The molecule has 2 heteroatoms. The van der Waals surface area contributed by atoms with Gasteiger partial charge in [-0.3, -0.25) is 0 Å². The molecule has 0 atom stereocenters. The van der Waals surface area contributed by atoms with Crippen LogP contribution >= 0.6 is 0 Å². The fourth-order valence-electron chi connectivity index (χ4n) is 3.70. The van der Waals surface area contributed by atoms with Crippen LogP contribution in [0, 0.1) is 17.3 Å². The molecule has 3 aromatic carbocycles. The van der Waals surface area contributed by atoms with Crippen LogP contribution in [-0.4, -0.2) is 11.1 Å². The zero-order valence-corrected chi connectivity index (χ0v) is 17.7. The molecule has 1 aliphatic carbocycles. The van der Waals surface area contributed by atoms with Crippen molar-refractivity contribution in [1.29, 1.82) is 0 Å². The van der Waals surface area contributed by atoms with E-state index in [9.17, 15) is 4.79 Å². The molecule has 0 amide bonds. The molecule has 0 saturated heterocycles. The lowest BCUT2D eigenvalue weighted by Gasteiger charge is -2.22. The number of rotatable bonds is 3. The molecule has 0 saturated carbocycles. The lowest BCUT2D eigenvalue weighted by molar-refractivity contribution is 0.0697. The van der Waals surface area contributed by atoms with Crippen LogP contribution in [0.2, 0.25) is 0 Å². The van der Waals surface area contributed by atoms with Gasteiger partial charge in [-0.25, -0.2) is 4.79 Å². The average molecular weight is 405 g/mol. The van der Waals surface area contributed by atoms with E-state index in [1.807, 2.05) is 30.4 Å². The van der Waals surface area contributed by atoms with Crippen molar-refractivity contribution in [3.8, 4) is 11.8 Å². The minimum Gasteiger partial charge on any atom is -0.478 e. The highest BCUT2D eigenvalue weighted by atomic mass is 16.4. The second-order valence-electron chi connectivity index (χ2n) is 8.51. The fraction of sp³-hybridized carbons (Fsp3) is 0.138. The van der Waals surface area contributed by atoms with Crippen LogP contribution in [0.1, 0.15) is 47.3 Å². The molecule has 4 rings (SSSR count). The molecule has 1 aliphatic rings. The predicted molar refractivity (Wildman–Crippen MR) is 129 cm³/mol. The van der Waals surface area contributed by atoms with Gasteiger partial charge in [-0.2, -0.15) is 0 Å². The molecular formula is C29H24O2. The maximum atomic E-state index is 11.0. The summed E-state index contributed by atoms with van der Waals surface area (Å²) in [5.41, 5.74) is 4.65. The van der Waals surface area contributed by atoms with Gasteiger partial charge in [-0.05, 0) is 58.0 Å². The molecule has 0 spiro atoms. The van der Waals surface area contributed by atoms with Gasteiger partial charge in [-0.15, -0.1) is 0 Å². The summed E-state index contributed by atoms with van der Waals surface area (Å²) in [5, 5.41) is 11.3. The minimum atomic E-state index is -0.915. The number of carboxylic acids is 1. The van der Waals surface area contributed by atoms with Crippen LogP contribution in [0.4, 0.5) is 0 Å². The van der Waals surface area contributed by atoms with Crippen molar-refractivity contribution in [3.05, 3.63) is 107 Å². The number of allylic oxidation sites excluding steroid dienone is 4. The first-order chi connectivity index (χ1) is 14.9. The summed E-state index contributed by atoms with van der Waals surface area (Å²) in [5.74, 6) is 5.84. The Labute approximate surface area is 183 Å². The lowest BCUT2D eigenvalue weighted by Crippen LogP contribution is -2.10. The quantitative estimate of drug-likeness (QED) is 0.378. The zero-order chi connectivity index (χ0) is 21.8. The summed E-state index contributed by atoms with van der Waals surface area (Å²) in [6.45, 7) is 4.45. The molecule has 0 bridgehead atoms. The van der Waals surface area contributed by atoms with E-state index in [0.717, 1.165) is 39.5 Å². The highest BCUT2D eigenvalue weighted by Crippen LogP contribution is 2.30. The number of aromatic carboxylic acids is 1. The Kier molecular flexibility index (Phi) is 5.60. The van der Waals surface area contributed by atoms with Crippen molar-refractivity contribution in [2.75, 3.05) is 0 Å². The maximum Gasteiger partial charge on any atom is 0.335 e. The highest BCUT2D eigenvalue weighted by Gasteiger charge is 2.17. The summed E-state index contributed by atoms with van der Waals surface area (Å²) in [6, 6.07) is 19.4. The monoisotopic (exact) mass is 404 g/mol. The van der Waals surface area contributed by atoms with Gasteiger partial charge >= 0.3 is 5.97 Å². The molecule has 2 nitrogen and oxygen atoms in total. The summed E-state index contributed by atoms with van der Waals surface area (Å²) in [6.07, 6.45) is 11.4. The number of hydrogen-bond acceptors (Lipinski definition) is 1. The van der Waals surface area contributed by atoms with E-state index in [2.05, 4.69) is 74.2 Å². The van der Waals surface area contributed by atoms with Gasteiger partial charge in [0.15, 0.2) is 0 Å². The van der Waals surface area contributed by atoms with E-state index in [1.165, 1.54) is 0 Å². The molecule has 0 aliphatic heterocycles. The van der Waals surface area contributed by atoms with Crippen molar-refractivity contribution in [1.82, 2.24) is 0 Å². The lowest BCUT2D eigenvalue weighted by atomic mass is 9.82. The van der Waals surface area contributed by atoms with E-state index >= 15 is 0 Å². The summed E-state index contributed by atoms with van der Waals surface area (Å²) in [7, 11) is 0. The molecule has 0 unspecified atom stereocenters. The minimum absolute atomic E-state index is 0.151. The Bertz CT molecular complexity index is 1290. The SMILES string of the molecule is CC1(C)C=CC=C(C#Cc2cccc3ccc(/C=C/c4ccc(C(=O)O)cc4)cc23)C1. The van der Waals surface area contributed by atoms with Gasteiger partial charge < -0.3 is 5.11 Å². The first kappa shape index (κ1) is 20.4. The van der Waals surface area contributed by atoms with Crippen LogP contribution in [-0.2, 0) is 0 Å². The van der Waals surface area contributed by atoms with Gasteiger partial charge in [0.1, 0.15) is 0 Å². The largest absolute Gasteiger partial charge is 0.478 e. The van der Waals surface area contributed by atoms with Crippen molar-refractivity contribution in [2.24, 2.45) is 5.41 Å². The Hall–Kier alpha value is -3.83. The molecule has 1 N–H and O–H groups in total. The number of fused-ring (bicyclic) bond motifs is 1. The Morgan fingerprint density at radius 3 is 2.45 bits per heavy atom. The molecule has 3 aromatic rings. The van der Waals surface area contributed by atoms with E-state index in [1.54, 1.807) is 12.1 Å². The molecule has 31 heavy (non-hydrogen) atoms. The van der Waals surface area contributed by atoms with Crippen LogP contribution in [0.15, 0.2) is 84.5 Å². The van der Waals surface area contributed by atoms with E-state index in [-0.39, 0.29) is 11.0 Å². The van der Waals surface area contributed by atoms with Crippen LogP contribution in [0.3, 0.4) is 0 Å². The molecule has 0 radical (unpaired) electrons. The summed E-state index contributed by atoms with van der Waals surface area (Å²) >= 11 is 0. The van der Waals surface area contributed by atoms with Gasteiger partial charge in [0.2, 0.25) is 0 Å². The molecule has 152 valence electrons. The molecule has 0 heterocycles. The van der Waals surface area contributed by atoms with Gasteiger partial charge in [-0.1, -0.05) is 92.5 Å². The fourth-order valence-corrected chi connectivity index (χ4v) is 3.70. The third kappa shape index (κ3) is 5.02. The van der Waals surface area contributed by atoms with Gasteiger partial charge in [0.25, 0.3) is 0 Å². The molecule has 0 fully saturated rings. The Balaban J connectivity index is 1.62. The Morgan fingerprint density at radius 2 is 1.71 bits per heavy atom. The van der Waals surface area contributed by atoms with Crippen molar-refractivity contribution in [3.63, 3.8) is 0 Å². The predicted octanol–water partition coefficient (Wildman–Crippen LogP) is 6.97. The number of carbonyl (C=O) groups is 1. The number of benzene rings is 3. The van der Waals surface area contributed by atoms with Crippen molar-refractivity contribution in [2.45, 2.75) is 20.3 Å². The third-order valence-electron chi connectivity index (χ3n) is 5.38. The van der Waals surface area contributed by atoms with Gasteiger partial charge in [0.05, 0.1) is 5.56 Å². The average Bonchev–Trinajstić information content (AvgIpc) is 2.75. The number of hydrogen-bond donors (Lipinski definition) is 1. The van der Waals surface area contributed by atoms with Gasteiger partial charge in [0, 0.05) is 11.1 Å². The molecule has 0 aromatic heterocycles. The van der Waals surface area contributed by atoms with Crippen molar-refractivity contribution >= 4 is 28.9 Å². The van der Waals surface area contributed by atoms with Crippen LogP contribution in [0.5, 0.6) is 0 Å². The van der Waals surface area contributed by atoms with E-state index in [0.29, 0.717) is 0 Å².